The van der Waals surface area contributed by atoms with Crippen LogP contribution in [0.2, 0.25) is 0 Å². The lowest BCUT2D eigenvalue weighted by molar-refractivity contribution is -0.911. The zero-order chi connectivity index (χ0) is 14.8. The van der Waals surface area contributed by atoms with Crippen molar-refractivity contribution in [3.63, 3.8) is 0 Å². The zero-order valence-corrected chi connectivity index (χ0v) is 12.3. The number of nitrogens with zero attached hydrogens (tertiary/aromatic N) is 1. The topological polar surface area (TPSA) is 58.6 Å². The largest absolute Gasteiger partial charge is 0.445 e. The normalized spacial score (nSPS) is 13.6. The minimum absolute atomic E-state index is 0.108. The summed E-state index contributed by atoms with van der Waals surface area (Å²) in [6, 6.07) is 9.57. The molecule has 0 aromatic heterocycles. The fourth-order valence-corrected chi connectivity index (χ4v) is 2.08. The molecule has 1 rings (SSSR count). The molecule has 5 nitrogen and oxygen atoms in total. The lowest BCUT2D eigenvalue weighted by Gasteiger charge is -2.33. The minimum atomic E-state index is -0.424. The van der Waals surface area contributed by atoms with Crippen molar-refractivity contribution in [2.24, 2.45) is 0 Å². The SMILES string of the molecule is CCC[N+](C)(CCO)CNC(=O)OCc1ccccc1. The summed E-state index contributed by atoms with van der Waals surface area (Å²) < 4.78 is 5.76. The van der Waals surface area contributed by atoms with Gasteiger partial charge in [-0.3, -0.25) is 5.32 Å². The first-order chi connectivity index (χ1) is 9.59. The van der Waals surface area contributed by atoms with E-state index in [0.717, 1.165) is 18.5 Å². The van der Waals surface area contributed by atoms with Crippen LogP contribution in [-0.2, 0) is 11.3 Å². The van der Waals surface area contributed by atoms with E-state index in [0.29, 0.717) is 17.7 Å². The molecule has 0 fully saturated rings. The van der Waals surface area contributed by atoms with Gasteiger partial charge in [-0.1, -0.05) is 37.3 Å². The molecule has 1 unspecified atom stereocenters. The standard InChI is InChI=1S/C15H24N2O3/c1-3-9-17(2,10-11-18)13-16-15(19)20-12-14-7-5-4-6-8-14/h4-8,18H,3,9-13H2,1-2H3/p+1. The Morgan fingerprint density at radius 2 is 2.00 bits per heavy atom. The Morgan fingerprint density at radius 1 is 1.30 bits per heavy atom. The van der Waals surface area contributed by atoms with E-state index in [2.05, 4.69) is 12.2 Å². The van der Waals surface area contributed by atoms with Gasteiger partial charge in [-0.15, -0.1) is 0 Å². The second-order valence-corrected chi connectivity index (χ2v) is 5.19. The molecular formula is C15H25N2O3+. The fourth-order valence-electron chi connectivity index (χ4n) is 2.08. The maximum Gasteiger partial charge on any atom is 0.411 e. The van der Waals surface area contributed by atoms with E-state index in [9.17, 15) is 4.79 Å². The number of quaternary nitrogens is 1. The molecule has 1 atom stereocenters. The number of benzene rings is 1. The van der Waals surface area contributed by atoms with Crippen LogP contribution in [0.4, 0.5) is 4.79 Å². The molecule has 0 aliphatic rings. The van der Waals surface area contributed by atoms with Crippen LogP contribution in [0.15, 0.2) is 30.3 Å². The Hall–Kier alpha value is -1.59. The van der Waals surface area contributed by atoms with Gasteiger partial charge in [0.05, 0.1) is 20.2 Å². The summed E-state index contributed by atoms with van der Waals surface area (Å²) in [5.74, 6) is 0. The van der Waals surface area contributed by atoms with Crippen molar-refractivity contribution in [2.75, 3.05) is 33.4 Å². The van der Waals surface area contributed by atoms with Gasteiger partial charge in [0, 0.05) is 0 Å². The van der Waals surface area contributed by atoms with Crippen molar-refractivity contribution >= 4 is 6.09 Å². The molecule has 0 spiro atoms. The molecule has 1 amide bonds. The fraction of sp³-hybridized carbons (Fsp3) is 0.533. The van der Waals surface area contributed by atoms with Crippen molar-refractivity contribution in [2.45, 2.75) is 20.0 Å². The van der Waals surface area contributed by atoms with Gasteiger partial charge in [0.15, 0.2) is 6.67 Å². The predicted octanol–water partition coefficient (Wildman–Crippen LogP) is 1.72. The number of aliphatic hydroxyl groups excluding tert-OH is 1. The number of carbonyl (C=O) groups is 1. The number of carbonyl (C=O) groups excluding carboxylic acids is 1. The van der Waals surface area contributed by atoms with Crippen molar-refractivity contribution in [1.29, 1.82) is 0 Å². The Balaban J connectivity index is 2.34. The van der Waals surface area contributed by atoms with Gasteiger partial charge in [-0.2, -0.15) is 0 Å². The predicted molar refractivity (Wildman–Crippen MR) is 77.9 cm³/mol. The molecule has 0 saturated carbocycles. The first-order valence-corrected chi connectivity index (χ1v) is 6.98. The maximum atomic E-state index is 11.7. The second kappa shape index (κ2) is 8.55. The van der Waals surface area contributed by atoms with Crippen LogP contribution in [-0.4, -0.2) is 49.1 Å². The molecular weight excluding hydrogens is 256 g/mol. The molecule has 1 aromatic rings. The van der Waals surface area contributed by atoms with Crippen LogP contribution in [0.3, 0.4) is 0 Å². The molecule has 112 valence electrons. The highest BCUT2D eigenvalue weighted by molar-refractivity contribution is 5.66. The molecule has 5 heteroatoms. The average molecular weight is 281 g/mol. The maximum absolute atomic E-state index is 11.7. The van der Waals surface area contributed by atoms with Crippen LogP contribution in [0.1, 0.15) is 18.9 Å². The molecule has 0 radical (unpaired) electrons. The zero-order valence-electron chi connectivity index (χ0n) is 12.3. The first-order valence-electron chi connectivity index (χ1n) is 6.98. The average Bonchev–Trinajstić information content (AvgIpc) is 2.45. The number of hydrogen-bond donors (Lipinski definition) is 2. The summed E-state index contributed by atoms with van der Waals surface area (Å²) in [4.78, 5) is 11.7. The van der Waals surface area contributed by atoms with Gasteiger partial charge in [0.25, 0.3) is 0 Å². The Labute approximate surface area is 120 Å². The number of hydrogen-bond acceptors (Lipinski definition) is 3. The van der Waals surface area contributed by atoms with Crippen LogP contribution in [0.5, 0.6) is 0 Å². The monoisotopic (exact) mass is 281 g/mol. The van der Waals surface area contributed by atoms with E-state index < -0.39 is 6.09 Å². The number of rotatable bonds is 8. The molecule has 0 heterocycles. The number of aliphatic hydroxyl groups is 1. The molecule has 0 aliphatic heterocycles. The summed E-state index contributed by atoms with van der Waals surface area (Å²) in [6.45, 7) is 4.44. The lowest BCUT2D eigenvalue weighted by Crippen LogP contribution is -2.53. The van der Waals surface area contributed by atoms with Gasteiger partial charge in [0.1, 0.15) is 13.2 Å². The van der Waals surface area contributed by atoms with E-state index >= 15 is 0 Å². The van der Waals surface area contributed by atoms with E-state index in [-0.39, 0.29) is 13.2 Å². The number of ether oxygens (including phenoxy) is 1. The molecule has 2 N–H and O–H groups in total. The molecule has 0 aliphatic carbocycles. The Bertz CT molecular complexity index is 389. The van der Waals surface area contributed by atoms with E-state index in [1.165, 1.54) is 0 Å². The van der Waals surface area contributed by atoms with Crippen molar-refractivity contribution in [1.82, 2.24) is 5.32 Å². The Morgan fingerprint density at radius 3 is 2.60 bits per heavy atom. The van der Waals surface area contributed by atoms with E-state index in [4.69, 9.17) is 9.84 Å². The number of amides is 1. The van der Waals surface area contributed by atoms with Crippen LogP contribution < -0.4 is 5.32 Å². The van der Waals surface area contributed by atoms with Crippen molar-refractivity contribution in [3.05, 3.63) is 35.9 Å². The van der Waals surface area contributed by atoms with E-state index in [1.54, 1.807) is 0 Å². The third-order valence-corrected chi connectivity index (χ3v) is 3.22. The smallest absolute Gasteiger partial charge is 0.411 e. The summed E-state index contributed by atoms with van der Waals surface area (Å²) in [5.41, 5.74) is 0.962. The highest BCUT2D eigenvalue weighted by Crippen LogP contribution is 2.03. The first kappa shape index (κ1) is 16.5. The minimum Gasteiger partial charge on any atom is -0.445 e. The van der Waals surface area contributed by atoms with Crippen LogP contribution in [0.25, 0.3) is 0 Å². The van der Waals surface area contributed by atoms with Gasteiger partial charge < -0.3 is 14.3 Å². The number of alkyl carbamates (subject to hydrolysis) is 1. The molecule has 1 aromatic carbocycles. The lowest BCUT2D eigenvalue weighted by atomic mass is 10.2. The van der Waals surface area contributed by atoms with Crippen LogP contribution >= 0.6 is 0 Å². The molecule has 20 heavy (non-hydrogen) atoms. The quantitative estimate of drug-likeness (QED) is 0.563. The molecule has 0 bridgehead atoms. The number of nitrogens with one attached hydrogen (secondary N) is 1. The van der Waals surface area contributed by atoms with Crippen LogP contribution in [0, 0.1) is 0 Å². The second-order valence-electron chi connectivity index (χ2n) is 5.19. The Kier molecular flexibility index (Phi) is 7.04. The third-order valence-electron chi connectivity index (χ3n) is 3.22. The van der Waals surface area contributed by atoms with Crippen molar-refractivity contribution in [3.8, 4) is 0 Å². The summed E-state index contributed by atoms with van der Waals surface area (Å²) >= 11 is 0. The van der Waals surface area contributed by atoms with Gasteiger partial charge >= 0.3 is 6.09 Å². The summed E-state index contributed by atoms with van der Waals surface area (Å²) in [7, 11) is 2.01. The summed E-state index contributed by atoms with van der Waals surface area (Å²) in [6.07, 6.45) is 0.573. The number of likely N-dealkylation sites (N-methyl/N-ethyl adjacent to an activating group) is 1. The molecule has 0 saturated heterocycles. The summed E-state index contributed by atoms with van der Waals surface area (Å²) in [5, 5.41) is 11.8. The van der Waals surface area contributed by atoms with Gasteiger partial charge in [-0.05, 0) is 12.0 Å². The highest BCUT2D eigenvalue weighted by atomic mass is 16.5. The van der Waals surface area contributed by atoms with Crippen molar-refractivity contribution < 1.29 is 19.1 Å². The van der Waals surface area contributed by atoms with Gasteiger partial charge in [0.2, 0.25) is 0 Å². The third kappa shape index (κ3) is 6.04. The van der Waals surface area contributed by atoms with E-state index in [1.807, 2.05) is 37.4 Å². The highest BCUT2D eigenvalue weighted by Gasteiger charge is 2.20. The van der Waals surface area contributed by atoms with Gasteiger partial charge in [-0.25, -0.2) is 4.79 Å².